The van der Waals surface area contributed by atoms with Crippen LogP contribution in [0.2, 0.25) is 0 Å². The second-order valence-electron chi connectivity index (χ2n) is 7.17. The molecule has 0 saturated heterocycles. The Balaban J connectivity index is 1.72. The van der Waals surface area contributed by atoms with E-state index in [1.165, 1.54) is 0 Å². The molecule has 0 N–H and O–H groups in total. The summed E-state index contributed by atoms with van der Waals surface area (Å²) in [5, 5.41) is 0.457. The van der Waals surface area contributed by atoms with Crippen molar-refractivity contribution in [1.29, 1.82) is 0 Å². The van der Waals surface area contributed by atoms with E-state index in [9.17, 15) is 4.79 Å². The molecule has 0 spiro atoms. The van der Waals surface area contributed by atoms with Gasteiger partial charge in [0, 0.05) is 5.56 Å². The molecule has 164 valence electrons. The molecule has 0 fully saturated rings. The fraction of sp³-hybridized carbons (Fsp3) is 0.192. The number of hydrogen-bond acceptors (Lipinski definition) is 6. The van der Waals surface area contributed by atoms with E-state index in [1.54, 1.807) is 38.5 Å². The first-order valence-electron chi connectivity index (χ1n) is 10.2. The van der Waals surface area contributed by atoms with E-state index in [0.29, 0.717) is 33.8 Å². The van der Waals surface area contributed by atoms with Gasteiger partial charge in [-0.25, -0.2) is 0 Å². The maximum Gasteiger partial charge on any atom is 0.235 e. The number of fused-ring (bicyclic) bond motifs is 1. The van der Waals surface area contributed by atoms with Gasteiger partial charge in [0.05, 0.1) is 19.6 Å². The van der Waals surface area contributed by atoms with Crippen LogP contribution in [0.4, 0.5) is 0 Å². The third-order valence-corrected chi connectivity index (χ3v) is 4.99. The number of methoxy groups -OCH3 is 2. The molecule has 4 rings (SSSR count). The molecule has 6 nitrogen and oxygen atoms in total. The third kappa shape index (κ3) is 4.39. The smallest absolute Gasteiger partial charge is 0.235 e. The third-order valence-electron chi connectivity index (χ3n) is 4.99. The minimum Gasteiger partial charge on any atom is -0.493 e. The van der Waals surface area contributed by atoms with Crippen molar-refractivity contribution in [2.45, 2.75) is 6.92 Å². The molecule has 0 aliphatic carbocycles. The zero-order chi connectivity index (χ0) is 22.5. The summed E-state index contributed by atoms with van der Waals surface area (Å²) < 4.78 is 28.5. The summed E-state index contributed by atoms with van der Waals surface area (Å²) in [4.78, 5) is 13.3. The number of aryl methyl sites for hydroxylation is 1. The van der Waals surface area contributed by atoms with Crippen LogP contribution in [0.3, 0.4) is 0 Å². The van der Waals surface area contributed by atoms with E-state index in [-0.39, 0.29) is 24.4 Å². The minimum absolute atomic E-state index is 0.130. The van der Waals surface area contributed by atoms with E-state index in [4.69, 9.17) is 23.4 Å². The van der Waals surface area contributed by atoms with Crippen LogP contribution in [0, 0.1) is 6.92 Å². The largest absolute Gasteiger partial charge is 0.493 e. The van der Waals surface area contributed by atoms with Crippen molar-refractivity contribution in [3.63, 3.8) is 0 Å². The van der Waals surface area contributed by atoms with Crippen LogP contribution in [0.5, 0.6) is 23.0 Å². The maximum atomic E-state index is 13.3. The number of rotatable bonds is 8. The number of benzene rings is 3. The number of hydrogen-bond donors (Lipinski definition) is 0. The highest BCUT2D eigenvalue weighted by molar-refractivity contribution is 5.83. The highest BCUT2D eigenvalue weighted by Crippen LogP contribution is 2.36. The number of para-hydroxylation sites is 1. The van der Waals surface area contributed by atoms with Gasteiger partial charge in [-0.05, 0) is 55.0 Å². The molecule has 0 unspecified atom stereocenters. The highest BCUT2D eigenvalue weighted by atomic mass is 16.5. The molecule has 1 aromatic heterocycles. The monoisotopic (exact) mass is 432 g/mol. The van der Waals surface area contributed by atoms with E-state index in [1.807, 2.05) is 49.4 Å². The minimum atomic E-state index is -0.240. The molecule has 0 atom stereocenters. The van der Waals surface area contributed by atoms with Crippen molar-refractivity contribution >= 4 is 11.0 Å². The molecule has 6 heteroatoms. The van der Waals surface area contributed by atoms with Crippen LogP contribution >= 0.6 is 0 Å². The summed E-state index contributed by atoms with van der Waals surface area (Å²) in [6, 6.07) is 20.2. The van der Waals surface area contributed by atoms with Gasteiger partial charge in [0.25, 0.3) is 0 Å². The summed E-state index contributed by atoms with van der Waals surface area (Å²) in [7, 11) is 3.12. The molecular formula is C26H24O6. The lowest BCUT2D eigenvalue weighted by Crippen LogP contribution is -2.15. The summed E-state index contributed by atoms with van der Waals surface area (Å²) in [5.41, 5.74) is 1.88. The van der Waals surface area contributed by atoms with Crippen molar-refractivity contribution in [3.8, 4) is 34.3 Å². The lowest BCUT2D eigenvalue weighted by Gasteiger charge is -2.14. The quantitative estimate of drug-likeness (QED) is 0.355. The molecule has 3 aromatic carbocycles. The van der Waals surface area contributed by atoms with Gasteiger partial charge in [-0.15, -0.1) is 0 Å². The van der Waals surface area contributed by atoms with Crippen LogP contribution in [0.25, 0.3) is 22.3 Å². The Bertz CT molecular complexity index is 1280. The van der Waals surface area contributed by atoms with Crippen molar-refractivity contribution < 1.29 is 23.4 Å². The van der Waals surface area contributed by atoms with Gasteiger partial charge < -0.3 is 23.4 Å². The fourth-order valence-electron chi connectivity index (χ4n) is 3.40. The van der Waals surface area contributed by atoms with Gasteiger partial charge >= 0.3 is 0 Å². The standard InChI is InChI=1S/C26H24O6/c1-17-9-11-20-22(15-17)32-25(18-10-12-21(28-2)23(16-18)29-3)26(24(20)27)31-14-13-30-19-7-5-4-6-8-19/h4-12,15-16H,13-14H2,1-3H3. The Hall–Kier alpha value is -3.93. The van der Waals surface area contributed by atoms with Gasteiger partial charge in [0.2, 0.25) is 11.2 Å². The van der Waals surface area contributed by atoms with Crippen LogP contribution in [-0.2, 0) is 0 Å². The van der Waals surface area contributed by atoms with Crippen LogP contribution < -0.4 is 24.4 Å². The van der Waals surface area contributed by atoms with E-state index in [0.717, 1.165) is 11.3 Å². The normalized spacial score (nSPS) is 10.7. The molecule has 0 aliphatic heterocycles. The van der Waals surface area contributed by atoms with Gasteiger partial charge in [0.1, 0.15) is 24.5 Å². The Morgan fingerprint density at radius 1 is 0.812 bits per heavy atom. The van der Waals surface area contributed by atoms with Crippen LogP contribution in [0.1, 0.15) is 5.56 Å². The average Bonchev–Trinajstić information content (AvgIpc) is 2.82. The van der Waals surface area contributed by atoms with E-state index in [2.05, 4.69) is 0 Å². The molecule has 0 saturated carbocycles. The zero-order valence-corrected chi connectivity index (χ0v) is 18.2. The molecule has 0 amide bonds. The van der Waals surface area contributed by atoms with Crippen molar-refractivity contribution in [3.05, 3.63) is 82.5 Å². The first-order valence-corrected chi connectivity index (χ1v) is 10.2. The summed E-state index contributed by atoms with van der Waals surface area (Å²) in [6.07, 6.45) is 0. The molecule has 32 heavy (non-hydrogen) atoms. The molecule has 4 aromatic rings. The molecule has 1 heterocycles. The molecular weight excluding hydrogens is 408 g/mol. The lowest BCUT2D eigenvalue weighted by atomic mass is 10.1. The first-order chi connectivity index (χ1) is 15.6. The lowest BCUT2D eigenvalue weighted by molar-refractivity contribution is 0.214. The summed E-state index contributed by atoms with van der Waals surface area (Å²) in [5.74, 6) is 2.29. The molecule has 0 radical (unpaired) electrons. The first kappa shape index (κ1) is 21.3. The van der Waals surface area contributed by atoms with Crippen molar-refractivity contribution in [2.75, 3.05) is 27.4 Å². The van der Waals surface area contributed by atoms with E-state index >= 15 is 0 Å². The van der Waals surface area contributed by atoms with Crippen molar-refractivity contribution in [2.24, 2.45) is 0 Å². The summed E-state index contributed by atoms with van der Waals surface area (Å²) in [6.45, 7) is 2.40. The zero-order valence-electron chi connectivity index (χ0n) is 18.2. The van der Waals surface area contributed by atoms with Gasteiger partial charge in [-0.1, -0.05) is 24.3 Å². The Labute approximate surface area is 185 Å². The van der Waals surface area contributed by atoms with Gasteiger partial charge in [-0.2, -0.15) is 0 Å². The maximum absolute atomic E-state index is 13.3. The van der Waals surface area contributed by atoms with Gasteiger partial charge in [-0.3, -0.25) is 4.79 Å². The predicted octanol–water partition coefficient (Wildman–Crippen LogP) is 5.24. The summed E-state index contributed by atoms with van der Waals surface area (Å²) >= 11 is 0. The van der Waals surface area contributed by atoms with Gasteiger partial charge in [0.15, 0.2) is 17.3 Å². The highest BCUT2D eigenvalue weighted by Gasteiger charge is 2.19. The Morgan fingerprint density at radius 2 is 1.56 bits per heavy atom. The topological polar surface area (TPSA) is 67.1 Å². The van der Waals surface area contributed by atoms with Crippen LogP contribution in [-0.4, -0.2) is 27.4 Å². The average molecular weight is 432 g/mol. The van der Waals surface area contributed by atoms with Crippen LogP contribution in [0.15, 0.2) is 75.9 Å². The second kappa shape index (κ2) is 9.47. The second-order valence-corrected chi connectivity index (χ2v) is 7.17. The SMILES string of the molecule is COc1ccc(-c2oc3cc(C)ccc3c(=O)c2OCCOc2ccccc2)cc1OC. The van der Waals surface area contributed by atoms with Crippen molar-refractivity contribution in [1.82, 2.24) is 0 Å². The van der Waals surface area contributed by atoms with E-state index < -0.39 is 0 Å². The predicted molar refractivity (Wildman–Crippen MR) is 123 cm³/mol. The molecule has 0 bridgehead atoms. The fourth-order valence-corrected chi connectivity index (χ4v) is 3.40. The number of ether oxygens (including phenoxy) is 4. The Kier molecular flexibility index (Phi) is 6.31. The molecule has 0 aliphatic rings. The Morgan fingerprint density at radius 3 is 2.31 bits per heavy atom.